The predicted octanol–water partition coefficient (Wildman–Crippen LogP) is 2.40. The molecule has 2 rings (SSSR count). The van der Waals surface area contributed by atoms with E-state index in [1.807, 2.05) is 0 Å². The standard InChI is InChI=1S/C13H15BrF2N2O3/c1-20-9-3-7(4-10(21-2)11(9)14)18-12(19)8-5-13(15,16)6-17-8/h3-4,8,17H,5-6H2,1-2H3,(H,18,19). The molecule has 0 spiro atoms. The SMILES string of the molecule is COc1cc(NC(=O)C2CC(F)(F)CN2)cc(OC)c1Br. The van der Waals surface area contributed by atoms with Crippen molar-refractivity contribution in [1.29, 1.82) is 0 Å². The molecule has 0 saturated carbocycles. The minimum absolute atomic E-state index is 0.411. The average Bonchev–Trinajstić information content (AvgIpc) is 2.80. The van der Waals surface area contributed by atoms with Gasteiger partial charge in [0.25, 0.3) is 5.92 Å². The van der Waals surface area contributed by atoms with Gasteiger partial charge in [-0.3, -0.25) is 10.1 Å². The number of alkyl halides is 2. The van der Waals surface area contributed by atoms with Gasteiger partial charge in [0.1, 0.15) is 16.0 Å². The first-order chi connectivity index (χ1) is 9.86. The summed E-state index contributed by atoms with van der Waals surface area (Å²) in [6, 6.07) is 2.25. The zero-order valence-corrected chi connectivity index (χ0v) is 13.1. The van der Waals surface area contributed by atoms with Crippen LogP contribution in [0.4, 0.5) is 14.5 Å². The highest BCUT2D eigenvalue weighted by Gasteiger charge is 2.42. The number of anilines is 1. The molecule has 21 heavy (non-hydrogen) atoms. The summed E-state index contributed by atoms with van der Waals surface area (Å²) in [5.41, 5.74) is 0.411. The summed E-state index contributed by atoms with van der Waals surface area (Å²) >= 11 is 3.31. The molecule has 1 heterocycles. The van der Waals surface area contributed by atoms with Crippen molar-refractivity contribution in [3.05, 3.63) is 16.6 Å². The van der Waals surface area contributed by atoms with Crippen molar-refractivity contribution in [3.8, 4) is 11.5 Å². The third kappa shape index (κ3) is 3.62. The highest BCUT2D eigenvalue weighted by molar-refractivity contribution is 9.10. The molecule has 1 aliphatic heterocycles. The fourth-order valence-corrected chi connectivity index (χ4v) is 2.62. The van der Waals surface area contributed by atoms with Crippen LogP contribution in [0.15, 0.2) is 16.6 Å². The maximum Gasteiger partial charge on any atom is 0.262 e. The minimum atomic E-state index is -2.85. The Morgan fingerprint density at radius 2 is 1.95 bits per heavy atom. The molecule has 0 bridgehead atoms. The Morgan fingerprint density at radius 3 is 2.38 bits per heavy atom. The molecule has 1 aromatic carbocycles. The zero-order chi connectivity index (χ0) is 15.6. The van der Waals surface area contributed by atoms with Gasteiger partial charge in [0.05, 0.1) is 26.8 Å². The van der Waals surface area contributed by atoms with Gasteiger partial charge in [-0.25, -0.2) is 8.78 Å². The number of rotatable bonds is 4. The van der Waals surface area contributed by atoms with Gasteiger partial charge in [-0.15, -0.1) is 0 Å². The van der Waals surface area contributed by atoms with Gasteiger partial charge >= 0.3 is 0 Å². The monoisotopic (exact) mass is 364 g/mol. The third-order valence-electron chi connectivity index (χ3n) is 3.14. The first kappa shape index (κ1) is 16.0. The summed E-state index contributed by atoms with van der Waals surface area (Å²) in [7, 11) is 2.95. The molecule has 116 valence electrons. The van der Waals surface area contributed by atoms with Gasteiger partial charge in [0, 0.05) is 24.2 Å². The van der Waals surface area contributed by atoms with E-state index in [1.165, 1.54) is 14.2 Å². The van der Waals surface area contributed by atoms with Gasteiger partial charge in [0.15, 0.2) is 0 Å². The Hall–Kier alpha value is -1.41. The second kappa shape index (κ2) is 6.15. The maximum absolute atomic E-state index is 13.1. The van der Waals surface area contributed by atoms with Crippen LogP contribution in [0.2, 0.25) is 0 Å². The van der Waals surface area contributed by atoms with Crippen molar-refractivity contribution in [2.24, 2.45) is 0 Å². The Bertz CT molecular complexity index is 529. The van der Waals surface area contributed by atoms with Crippen molar-refractivity contribution in [3.63, 3.8) is 0 Å². The van der Waals surface area contributed by atoms with E-state index in [1.54, 1.807) is 12.1 Å². The topological polar surface area (TPSA) is 59.6 Å². The van der Waals surface area contributed by atoms with Crippen LogP contribution in [0.5, 0.6) is 11.5 Å². The molecular formula is C13H15BrF2N2O3. The number of amides is 1. The van der Waals surface area contributed by atoms with Crippen LogP contribution in [0.1, 0.15) is 6.42 Å². The highest BCUT2D eigenvalue weighted by atomic mass is 79.9. The molecule has 1 atom stereocenters. The van der Waals surface area contributed by atoms with Gasteiger partial charge in [-0.2, -0.15) is 0 Å². The van der Waals surface area contributed by atoms with Crippen molar-refractivity contribution in [1.82, 2.24) is 5.32 Å². The Labute approximate surface area is 129 Å². The summed E-state index contributed by atoms with van der Waals surface area (Å²) in [6.45, 7) is -0.488. The number of methoxy groups -OCH3 is 2. The quantitative estimate of drug-likeness (QED) is 0.861. The van der Waals surface area contributed by atoms with Crippen LogP contribution >= 0.6 is 15.9 Å². The molecule has 0 aromatic heterocycles. The summed E-state index contributed by atoms with van der Waals surface area (Å²) < 4.78 is 37.1. The molecule has 1 fully saturated rings. The summed E-state index contributed by atoms with van der Waals surface area (Å²) in [5.74, 6) is -2.43. The maximum atomic E-state index is 13.1. The predicted molar refractivity (Wildman–Crippen MR) is 77.2 cm³/mol. The van der Waals surface area contributed by atoms with E-state index in [0.29, 0.717) is 21.7 Å². The Kier molecular flexibility index (Phi) is 4.67. The van der Waals surface area contributed by atoms with E-state index in [-0.39, 0.29) is 0 Å². The van der Waals surface area contributed by atoms with Crippen LogP contribution in [0.3, 0.4) is 0 Å². The van der Waals surface area contributed by atoms with Gasteiger partial charge in [0.2, 0.25) is 5.91 Å². The molecule has 0 radical (unpaired) electrons. The number of ether oxygens (including phenoxy) is 2. The molecule has 1 saturated heterocycles. The lowest BCUT2D eigenvalue weighted by Gasteiger charge is -2.14. The lowest BCUT2D eigenvalue weighted by molar-refractivity contribution is -0.118. The van der Waals surface area contributed by atoms with E-state index >= 15 is 0 Å². The fraction of sp³-hybridized carbons (Fsp3) is 0.462. The second-order valence-corrected chi connectivity index (χ2v) is 5.47. The van der Waals surface area contributed by atoms with Crippen molar-refractivity contribution in [2.75, 3.05) is 26.1 Å². The number of benzene rings is 1. The molecule has 5 nitrogen and oxygen atoms in total. The van der Waals surface area contributed by atoms with Crippen molar-refractivity contribution in [2.45, 2.75) is 18.4 Å². The lowest BCUT2D eigenvalue weighted by atomic mass is 10.1. The van der Waals surface area contributed by atoms with Crippen molar-refractivity contribution < 1.29 is 23.0 Å². The molecule has 1 amide bonds. The molecule has 2 N–H and O–H groups in total. The number of hydrogen-bond donors (Lipinski definition) is 2. The summed E-state index contributed by atoms with van der Waals surface area (Å²) in [4.78, 5) is 12.0. The van der Waals surface area contributed by atoms with E-state index in [4.69, 9.17) is 9.47 Å². The number of hydrogen-bond acceptors (Lipinski definition) is 4. The normalized spacial score (nSPS) is 20.1. The summed E-state index contributed by atoms with van der Waals surface area (Å²) in [5, 5.41) is 5.08. The van der Waals surface area contributed by atoms with Crippen LogP contribution < -0.4 is 20.1 Å². The van der Waals surface area contributed by atoms with E-state index < -0.39 is 30.8 Å². The average molecular weight is 365 g/mol. The largest absolute Gasteiger partial charge is 0.495 e. The first-order valence-corrected chi connectivity index (χ1v) is 6.99. The minimum Gasteiger partial charge on any atom is -0.495 e. The number of nitrogens with one attached hydrogen (secondary N) is 2. The number of carbonyl (C=O) groups excluding carboxylic acids is 1. The van der Waals surface area contributed by atoms with Crippen LogP contribution in [0.25, 0.3) is 0 Å². The number of carbonyl (C=O) groups is 1. The molecule has 8 heteroatoms. The first-order valence-electron chi connectivity index (χ1n) is 6.20. The zero-order valence-electron chi connectivity index (χ0n) is 11.5. The van der Waals surface area contributed by atoms with Gasteiger partial charge in [-0.1, -0.05) is 0 Å². The lowest BCUT2D eigenvalue weighted by Crippen LogP contribution is -2.35. The fourth-order valence-electron chi connectivity index (χ4n) is 2.07. The van der Waals surface area contributed by atoms with E-state index in [0.717, 1.165) is 0 Å². The Balaban J connectivity index is 2.14. The smallest absolute Gasteiger partial charge is 0.262 e. The van der Waals surface area contributed by atoms with Gasteiger partial charge < -0.3 is 14.8 Å². The van der Waals surface area contributed by atoms with Crippen molar-refractivity contribution >= 4 is 27.5 Å². The molecule has 1 unspecified atom stereocenters. The summed E-state index contributed by atoms with van der Waals surface area (Å²) in [6.07, 6.45) is -0.510. The molecular weight excluding hydrogens is 350 g/mol. The van der Waals surface area contributed by atoms with E-state index in [2.05, 4.69) is 26.6 Å². The van der Waals surface area contributed by atoms with Gasteiger partial charge in [-0.05, 0) is 15.9 Å². The highest BCUT2D eigenvalue weighted by Crippen LogP contribution is 2.37. The third-order valence-corrected chi connectivity index (χ3v) is 3.92. The second-order valence-electron chi connectivity index (χ2n) is 4.68. The molecule has 1 aromatic rings. The molecule has 1 aliphatic rings. The van der Waals surface area contributed by atoms with Crippen LogP contribution in [0, 0.1) is 0 Å². The van der Waals surface area contributed by atoms with E-state index in [9.17, 15) is 13.6 Å². The van der Waals surface area contributed by atoms with Crippen LogP contribution in [-0.4, -0.2) is 38.6 Å². The van der Waals surface area contributed by atoms with Crippen LogP contribution in [-0.2, 0) is 4.79 Å². The molecule has 0 aliphatic carbocycles. The Morgan fingerprint density at radius 1 is 1.38 bits per heavy atom. The number of halogens is 3.